The number of rotatable bonds is 0. The summed E-state index contributed by atoms with van der Waals surface area (Å²) in [6.07, 6.45) is 0. The van der Waals surface area contributed by atoms with Gasteiger partial charge in [0.25, 0.3) is 0 Å². The minimum atomic E-state index is -0.360. The first-order valence-electron chi connectivity index (χ1n) is 10.3. The van der Waals surface area contributed by atoms with E-state index < -0.39 is 0 Å². The van der Waals surface area contributed by atoms with E-state index in [1.807, 2.05) is 6.07 Å². The molecule has 0 saturated heterocycles. The zero-order chi connectivity index (χ0) is 19.9. The van der Waals surface area contributed by atoms with Gasteiger partial charge in [-0.2, -0.15) is 0 Å². The van der Waals surface area contributed by atoms with Crippen LogP contribution < -0.4 is 0 Å². The summed E-state index contributed by atoms with van der Waals surface area (Å²) >= 11 is 6.60. The second kappa shape index (κ2) is 5.62. The SMILES string of the molecule is Clc1ccc2c(c1)C1(c3ccccc3-2)c2ccccc2-c2cccc3cccc1c23. The second-order valence-electron chi connectivity index (χ2n) is 8.24. The van der Waals surface area contributed by atoms with Crippen molar-refractivity contribution in [3.63, 3.8) is 0 Å². The van der Waals surface area contributed by atoms with Crippen molar-refractivity contribution in [1.29, 1.82) is 0 Å². The van der Waals surface area contributed by atoms with Crippen LogP contribution in [0.25, 0.3) is 33.0 Å². The molecule has 0 aliphatic heterocycles. The van der Waals surface area contributed by atoms with Crippen LogP contribution in [0.4, 0.5) is 0 Å². The third-order valence-corrected chi connectivity index (χ3v) is 7.17. The third-order valence-electron chi connectivity index (χ3n) is 6.94. The van der Waals surface area contributed by atoms with E-state index in [0.717, 1.165) is 5.02 Å². The molecular formula is C29H17Cl. The molecule has 1 heteroatoms. The monoisotopic (exact) mass is 400 g/mol. The van der Waals surface area contributed by atoms with E-state index >= 15 is 0 Å². The van der Waals surface area contributed by atoms with Gasteiger partial charge in [-0.1, -0.05) is 103 Å². The van der Waals surface area contributed by atoms with Crippen molar-refractivity contribution < 1.29 is 0 Å². The van der Waals surface area contributed by atoms with Crippen LogP contribution >= 0.6 is 11.6 Å². The zero-order valence-electron chi connectivity index (χ0n) is 16.2. The van der Waals surface area contributed by atoms with E-state index in [1.165, 1.54) is 55.3 Å². The fraction of sp³-hybridized carbons (Fsp3) is 0.0345. The Hall–Kier alpha value is -3.35. The lowest BCUT2D eigenvalue weighted by Crippen LogP contribution is -2.31. The van der Waals surface area contributed by atoms with Gasteiger partial charge in [0.05, 0.1) is 5.41 Å². The van der Waals surface area contributed by atoms with Crippen LogP contribution in [0.15, 0.2) is 103 Å². The molecular weight excluding hydrogens is 384 g/mol. The maximum Gasteiger partial charge on any atom is 0.0726 e. The molecule has 1 atom stereocenters. The van der Waals surface area contributed by atoms with Gasteiger partial charge in [0.15, 0.2) is 0 Å². The summed E-state index contributed by atoms with van der Waals surface area (Å²) in [6, 6.07) is 37.5. The molecule has 7 rings (SSSR count). The van der Waals surface area contributed by atoms with Crippen molar-refractivity contribution in [2.24, 2.45) is 0 Å². The van der Waals surface area contributed by atoms with Crippen LogP contribution in [-0.2, 0) is 5.41 Å². The molecule has 0 heterocycles. The lowest BCUT2D eigenvalue weighted by Gasteiger charge is -2.40. The summed E-state index contributed by atoms with van der Waals surface area (Å²) in [5.41, 5.74) is 10.2. The first kappa shape index (κ1) is 16.4. The average molecular weight is 401 g/mol. The van der Waals surface area contributed by atoms with Gasteiger partial charge in [-0.05, 0) is 67.4 Å². The fourth-order valence-corrected chi connectivity index (χ4v) is 6.07. The molecule has 0 N–H and O–H groups in total. The zero-order valence-corrected chi connectivity index (χ0v) is 16.9. The summed E-state index contributed by atoms with van der Waals surface area (Å²) < 4.78 is 0. The normalized spacial score (nSPS) is 17.6. The van der Waals surface area contributed by atoms with Gasteiger partial charge in [-0.15, -0.1) is 0 Å². The van der Waals surface area contributed by atoms with E-state index in [1.54, 1.807) is 0 Å². The van der Waals surface area contributed by atoms with Crippen molar-refractivity contribution in [1.82, 2.24) is 0 Å². The first-order chi connectivity index (χ1) is 14.8. The molecule has 5 aromatic rings. The molecule has 0 fully saturated rings. The van der Waals surface area contributed by atoms with Gasteiger partial charge in [-0.3, -0.25) is 0 Å². The van der Waals surface area contributed by atoms with Crippen LogP contribution in [0.3, 0.4) is 0 Å². The number of fused-ring (bicyclic) bond motifs is 9. The molecule has 0 saturated carbocycles. The van der Waals surface area contributed by atoms with Crippen molar-refractivity contribution in [3.8, 4) is 22.3 Å². The molecule has 30 heavy (non-hydrogen) atoms. The first-order valence-corrected chi connectivity index (χ1v) is 10.7. The molecule has 0 radical (unpaired) electrons. The number of hydrogen-bond acceptors (Lipinski definition) is 0. The van der Waals surface area contributed by atoms with Gasteiger partial charge >= 0.3 is 0 Å². The van der Waals surface area contributed by atoms with Crippen molar-refractivity contribution in [2.45, 2.75) is 5.41 Å². The number of benzene rings is 5. The van der Waals surface area contributed by atoms with Crippen LogP contribution in [0, 0.1) is 0 Å². The molecule has 5 aromatic carbocycles. The Morgan fingerprint density at radius 2 is 1.03 bits per heavy atom. The fourth-order valence-electron chi connectivity index (χ4n) is 5.90. The highest BCUT2D eigenvalue weighted by Crippen LogP contribution is 2.61. The molecule has 2 aliphatic carbocycles. The molecule has 0 bridgehead atoms. The van der Waals surface area contributed by atoms with Gasteiger partial charge in [0, 0.05) is 5.02 Å². The van der Waals surface area contributed by atoms with Crippen molar-refractivity contribution >= 4 is 22.4 Å². The third kappa shape index (κ3) is 1.79. The Kier molecular flexibility index (Phi) is 3.08. The minimum Gasteiger partial charge on any atom is -0.0843 e. The Bertz CT molecular complexity index is 1510. The lowest BCUT2D eigenvalue weighted by atomic mass is 9.61. The number of halogens is 1. The van der Waals surface area contributed by atoms with E-state index in [2.05, 4.69) is 97.1 Å². The minimum absolute atomic E-state index is 0.360. The Morgan fingerprint density at radius 1 is 0.467 bits per heavy atom. The quantitative estimate of drug-likeness (QED) is 0.243. The maximum atomic E-state index is 6.60. The Morgan fingerprint density at radius 3 is 1.80 bits per heavy atom. The van der Waals surface area contributed by atoms with Gasteiger partial charge in [0.1, 0.15) is 0 Å². The largest absolute Gasteiger partial charge is 0.0843 e. The predicted octanol–water partition coefficient (Wildman–Crippen LogP) is 7.84. The summed E-state index contributed by atoms with van der Waals surface area (Å²) in [5, 5.41) is 3.41. The topological polar surface area (TPSA) is 0 Å². The summed E-state index contributed by atoms with van der Waals surface area (Å²) in [4.78, 5) is 0. The molecule has 0 aromatic heterocycles. The van der Waals surface area contributed by atoms with E-state index in [4.69, 9.17) is 11.6 Å². The standard InChI is InChI=1S/C29H17Cl/c30-19-15-16-22-20-9-1-3-12-24(20)29(27(22)17-19)25-13-4-2-10-21(25)23-11-5-7-18-8-6-14-26(29)28(18)23/h1-17H. The molecule has 1 unspecified atom stereocenters. The smallest absolute Gasteiger partial charge is 0.0726 e. The average Bonchev–Trinajstić information content (AvgIpc) is 3.08. The summed E-state index contributed by atoms with van der Waals surface area (Å²) in [5.74, 6) is 0. The molecule has 2 aliphatic rings. The molecule has 0 amide bonds. The van der Waals surface area contributed by atoms with Crippen molar-refractivity contribution in [2.75, 3.05) is 0 Å². The molecule has 0 nitrogen and oxygen atoms in total. The lowest BCUT2D eigenvalue weighted by molar-refractivity contribution is 0.773. The summed E-state index contributed by atoms with van der Waals surface area (Å²) in [6.45, 7) is 0. The summed E-state index contributed by atoms with van der Waals surface area (Å²) in [7, 11) is 0. The highest BCUT2D eigenvalue weighted by Gasteiger charge is 2.49. The van der Waals surface area contributed by atoms with Crippen molar-refractivity contribution in [3.05, 3.63) is 130 Å². The Labute approximate surface area is 180 Å². The van der Waals surface area contributed by atoms with E-state index in [-0.39, 0.29) is 5.41 Å². The molecule has 140 valence electrons. The van der Waals surface area contributed by atoms with E-state index in [0.29, 0.717) is 0 Å². The number of hydrogen-bond donors (Lipinski definition) is 0. The van der Waals surface area contributed by atoms with Gasteiger partial charge in [-0.25, -0.2) is 0 Å². The van der Waals surface area contributed by atoms with Gasteiger partial charge in [0.2, 0.25) is 0 Å². The maximum absolute atomic E-state index is 6.60. The van der Waals surface area contributed by atoms with Crippen LogP contribution in [-0.4, -0.2) is 0 Å². The van der Waals surface area contributed by atoms with Gasteiger partial charge < -0.3 is 0 Å². The second-order valence-corrected chi connectivity index (χ2v) is 8.68. The Balaban J connectivity index is 1.80. The highest BCUT2D eigenvalue weighted by molar-refractivity contribution is 6.30. The van der Waals surface area contributed by atoms with Crippen LogP contribution in [0.5, 0.6) is 0 Å². The van der Waals surface area contributed by atoms with E-state index in [9.17, 15) is 0 Å². The highest BCUT2D eigenvalue weighted by atomic mass is 35.5. The van der Waals surface area contributed by atoms with Crippen LogP contribution in [0.1, 0.15) is 22.3 Å². The predicted molar refractivity (Wildman–Crippen MR) is 125 cm³/mol. The van der Waals surface area contributed by atoms with Crippen LogP contribution in [0.2, 0.25) is 5.02 Å². The molecule has 1 spiro atoms.